The van der Waals surface area contributed by atoms with Gasteiger partial charge in [-0.3, -0.25) is 4.68 Å². The van der Waals surface area contributed by atoms with Gasteiger partial charge in [-0.15, -0.1) is 0 Å². The Bertz CT molecular complexity index is 497. The molecule has 4 nitrogen and oxygen atoms in total. The number of ether oxygens (including phenoxy) is 1. The molecule has 0 saturated heterocycles. The van der Waals surface area contributed by atoms with Gasteiger partial charge in [0.1, 0.15) is 11.6 Å². The Hall–Kier alpha value is -1.97. The molecule has 0 bridgehead atoms. The van der Waals surface area contributed by atoms with Crippen molar-refractivity contribution in [2.24, 2.45) is 7.05 Å². The molecule has 0 aliphatic rings. The Kier molecular flexibility index (Phi) is 2.56. The van der Waals surface area contributed by atoms with Gasteiger partial charge < -0.3 is 10.5 Å². The Balaban J connectivity index is 2.57. The minimum absolute atomic E-state index is 0.638. The molecular weight excluding hydrogens is 202 g/mol. The molecule has 0 unspecified atom stereocenters. The first-order valence-electron chi connectivity index (χ1n) is 5.06. The highest BCUT2D eigenvalue weighted by Crippen LogP contribution is 2.30. The topological polar surface area (TPSA) is 53.1 Å². The summed E-state index contributed by atoms with van der Waals surface area (Å²) in [6, 6.07) is 7.84. The highest BCUT2D eigenvalue weighted by atomic mass is 16.5. The van der Waals surface area contributed by atoms with Crippen molar-refractivity contribution in [1.29, 1.82) is 0 Å². The quantitative estimate of drug-likeness (QED) is 0.836. The van der Waals surface area contributed by atoms with E-state index in [2.05, 4.69) is 5.10 Å². The van der Waals surface area contributed by atoms with Gasteiger partial charge in [0.05, 0.1) is 12.8 Å². The summed E-state index contributed by atoms with van der Waals surface area (Å²) < 4.78 is 6.96. The second kappa shape index (κ2) is 3.89. The summed E-state index contributed by atoms with van der Waals surface area (Å²) >= 11 is 0. The van der Waals surface area contributed by atoms with Crippen LogP contribution in [-0.2, 0) is 7.05 Å². The SMILES string of the molecule is COc1ccc(C)cc1-c1cc(N)n(C)n1. The van der Waals surface area contributed by atoms with E-state index >= 15 is 0 Å². The fraction of sp³-hybridized carbons (Fsp3) is 0.250. The van der Waals surface area contributed by atoms with Crippen molar-refractivity contribution in [2.45, 2.75) is 6.92 Å². The van der Waals surface area contributed by atoms with Crippen molar-refractivity contribution < 1.29 is 4.74 Å². The predicted octanol–water partition coefficient (Wildman–Crippen LogP) is 1.99. The van der Waals surface area contributed by atoms with Gasteiger partial charge in [-0.25, -0.2) is 0 Å². The predicted molar refractivity (Wildman–Crippen MR) is 64.3 cm³/mol. The van der Waals surface area contributed by atoms with Crippen LogP contribution in [0.2, 0.25) is 0 Å². The number of benzene rings is 1. The second-order valence-corrected chi connectivity index (χ2v) is 3.78. The van der Waals surface area contributed by atoms with Crippen LogP contribution >= 0.6 is 0 Å². The van der Waals surface area contributed by atoms with Crippen molar-refractivity contribution in [1.82, 2.24) is 9.78 Å². The van der Waals surface area contributed by atoms with Crippen molar-refractivity contribution in [3.63, 3.8) is 0 Å². The lowest BCUT2D eigenvalue weighted by molar-refractivity contribution is 0.416. The summed E-state index contributed by atoms with van der Waals surface area (Å²) in [5.41, 5.74) is 8.74. The van der Waals surface area contributed by atoms with Gasteiger partial charge in [0.25, 0.3) is 0 Å². The lowest BCUT2D eigenvalue weighted by Crippen LogP contribution is -1.96. The molecule has 0 radical (unpaired) electrons. The number of nitrogens with zero attached hydrogens (tertiary/aromatic N) is 2. The van der Waals surface area contributed by atoms with Crippen molar-refractivity contribution in [3.8, 4) is 17.0 Å². The van der Waals surface area contributed by atoms with E-state index in [1.165, 1.54) is 5.56 Å². The van der Waals surface area contributed by atoms with Crippen LogP contribution in [0.4, 0.5) is 5.82 Å². The number of aromatic nitrogens is 2. The first-order valence-corrected chi connectivity index (χ1v) is 5.06. The Morgan fingerprint density at radius 3 is 2.62 bits per heavy atom. The van der Waals surface area contributed by atoms with Crippen LogP contribution in [0.3, 0.4) is 0 Å². The fourth-order valence-electron chi connectivity index (χ4n) is 1.64. The molecule has 1 aromatic carbocycles. The minimum atomic E-state index is 0.638. The number of anilines is 1. The van der Waals surface area contributed by atoms with Crippen LogP contribution in [-0.4, -0.2) is 16.9 Å². The van der Waals surface area contributed by atoms with Gasteiger partial charge in [0.15, 0.2) is 0 Å². The van der Waals surface area contributed by atoms with Crippen LogP contribution in [0.5, 0.6) is 5.75 Å². The van der Waals surface area contributed by atoms with E-state index in [0.717, 1.165) is 17.0 Å². The molecule has 0 fully saturated rings. The van der Waals surface area contributed by atoms with Crippen LogP contribution < -0.4 is 10.5 Å². The zero-order valence-electron chi connectivity index (χ0n) is 9.69. The monoisotopic (exact) mass is 217 g/mol. The third-order valence-corrected chi connectivity index (χ3v) is 2.55. The van der Waals surface area contributed by atoms with Gasteiger partial charge in [-0.1, -0.05) is 11.6 Å². The molecule has 0 aliphatic heterocycles. The lowest BCUT2D eigenvalue weighted by atomic mass is 10.1. The van der Waals surface area contributed by atoms with Gasteiger partial charge in [-0.2, -0.15) is 5.10 Å². The van der Waals surface area contributed by atoms with Crippen LogP contribution in [0.15, 0.2) is 24.3 Å². The largest absolute Gasteiger partial charge is 0.496 e. The van der Waals surface area contributed by atoms with Crippen LogP contribution in [0.1, 0.15) is 5.56 Å². The molecule has 16 heavy (non-hydrogen) atoms. The number of aryl methyl sites for hydroxylation is 2. The Labute approximate surface area is 94.6 Å². The van der Waals surface area contributed by atoms with E-state index < -0.39 is 0 Å². The fourth-order valence-corrected chi connectivity index (χ4v) is 1.64. The molecule has 0 saturated carbocycles. The number of hydrogen-bond donors (Lipinski definition) is 1. The highest BCUT2D eigenvalue weighted by Gasteiger charge is 2.10. The molecule has 84 valence electrons. The Morgan fingerprint density at radius 1 is 1.31 bits per heavy atom. The van der Waals surface area contributed by atoms with E-state index in [4.69, 9.17) is 10.5 Å². The van der Waals surface area contributed by atoms with E-state index in [9.17, 15) is 0 Å². The van der Waals surface area contributed by atoms with E-state index in [1.54, 1.807) is 11.8 Å². The maximum atomic E-state index is 5.77. The van der Waals surface area contributed by atoms with Crippen molar-refractivity contribution >= 4 is 5.82 Å². The normalized spacial score (nSPS) is 10.4. The minimum Gasteiger partial charge on any atom is -0.496 e. The van der Waals surface area contributed by atoms with Gasteiger partial charge in [-0.05, 0) is 19.1 Å². The second-order valence-electron chi connectivity index (χ2n) is 3.78. The summed E-state index contributed by atoms with van der Waals surface area (Å²) in [5.74, 6) is 1.45. The summed E-state index contributed by atoms with van der Waals surface area (Å²) in [5, 5.41) is 4.34. The molecule has 0 spiro atoms. The molecule has 2 aromatic rings. The lowest BCUT2D eigenvalue weighted by Gasteiger charge is -2.06. The van der Waals surface area contributed by atoms with Gasteiger partial charge in [0.2, 0.25) is 0 Å². The number of nitrogen functional groups attached to an aromatic ring is 1. The molecule has 2 N–H and O–H groups in total. The van der Waals surface area contributed by atoms with Gasteiger partial charge >= 0.3 is 0 Å². The van der Waals surface area contributed by atoms with Gasteiger partial charge in [0, 0.05) is 18.7 Å². The van der Waals surface area contributed by atoms with E-state index in [1.807, 2.05) is 38.2 Å². The molecule has 0 atom stereocenters. The number of hydrogen-bond acceptors (Lipinski definition) is 3. The van der Waals surface area contributed by atoms with Crippen LogP contribution in [0, 0.1) is 6.92 Å². The first kappa shape index (κ1) is 10.5. The molecule has 1 heterocycles. The Morgan fingerprint density at radius 2 is 2.06 bits per heavy atom. The average molecular weight is 217 g/mol. The summed E-state index contributed by atoms with van der Waals surface area (Å²) in [6.45, 7) is 2.04. The summed E-state index contributed by atoms with van der Waals surface area (Å²) in [4.78, 5) is 0. The standard InChI is InChI=1S/C12H15N3O/c1-8-4-5-11(16-3)9(6-8)10-7-12(13)15(2)14-10/h4-7H,13H2,1-3H3. The van der Waals surface area contributed by atoms with E-state index in [-0.39, 0.29) is 0 Å². The molecule has 1 aromatic heterocycles. The highest BCUT2D eigenvalue weighted by molar-refractivity contribution is 5.69. The first-order chi connectivity index (χ1) is 7.61. The van der Waals surface area contributed by atoms with Crippen molar-refractivity contribution in [3.05, 3.63) is 29.8 Å². The smallest absolute Gasteiger partial charge is 0.128 e. The van der Waals surface area contributed by atoms with Crippen LogP contribution in [0.25, 0.3) is 11.3 Å². The average Bonchev–Trinajstić information content (AvgIpc) is 2.59. The molecule has 0 aliphatic carbocycles. The zero-order chi connectivity index (χ0) is 11.7. The molecule has 0 amide bonds. The number of rotatable bonds is 2. The van der Waals surface area contributed by atoms with E-state index in [0.29, 0.717) is 5.82 Å². The molecular formula is C12H15N3O. The third kappa shape index (κ3) is 1.74. The number of nitrogens with two attached hydrogens (primary N) is 1. The maximum Gasteiger partial charge on any atom is 0.128 e. The van der Waals surface area contributed by atoms with Crippen molar-refractivity contribution in [2.75, 3.05) is 12.8 Å². The maximum absolute atomic E-state index is 5.77. The molecule has 2 rings (SSSR count). The number of methoxy groups -OCH3 is 1. The summed E-state index contributed by atoms with van der Waals surface area (Å²) in [7, 11) is 3.47. The summed E-state index contributed by atoms with van der Waals surface area (Å²) in [6.07, 6.45) is 0. The third-order valence-electron chi connectivity index (χ3n) is 2.55. The molecule has 4 heteroatoms. The zero-order valence-corrected chi connectivity index (χ0v) is 9.69.